The van der Waals surface area contributed by atoms with Crippen LogP contribution in [0.3, 0.4) is 0 Å². The third kappa shape index (κ3) is 4.78. The van der Waals surface area contributed by atoms with Gasteiger partial charge < -0.3 is 4.52 Å². The van der Waals surface area contributed by atoms with Crippen molar-refractivity contribution in [1.82, 2.24) is 0 Å². The van der Waals surface area contributed by atoms with Gasteiger partial charge in [0.15, 0.2) is 0 Å². The van der Waals surface area contributed by atoms with Gasteiger partial charge >= 0.3 is 7.82 Å². The van der Waals surface area contributed by atoms with Gasteiger partial charge in [-0.3, -0.25) is 9.79 Å². The van der Waals surface area contributed by atoms with Gasteiger partial charge in [-0.1, -0.05) is 104 Å². The normalized spacial score (nSPS) is 12.4. The molecule has 4 aromatic rings. The molecule has 1 atom stereocenters. The van der Waals surface area contributed by atoms with Crippen LogP contribution in [0.5, 0.6) is 5.75 Å². The van der Waals surface area contributed by atoms with Crippen molar-refractivity contribution in [1.29, 1.82) is 0 Å². The second-order valence-corrected chi connectivity index (χ2v) is 8.51. The quantitative estimate of drug-likeness (QED) is 0.336. The van der Waals surface area contributed by atoms with E-state index in [0.29, 0.717) is 0 Å². The van der Waals surface area contributed by atoms with Crippen molar-refractivity contribution in [2.24, 2.45) is 0 Å². The van der Waals surface area contributed by atoms with Crippen molar-refractivity contribution in [3.63, 3.8) is 0 Å². The summed E-state index contributed by atoms with van der Waals surface area (Å²) < 4.78 is 17.0. The van der Waals surface area contributed by atoms with Crippen molar-refractivity contribution >= 4 is 7.82 Å². The fourth-order valence-electron chi connectivity index (χ4n) is 3.92. The lowest BCUT2D eigenvalue weighted by Crippen LogP contribution is -2.05. The summed E-state index contributed by atoms with van der Waals surface area (Å²) in [6.45, 7) is 2.03. The molecule has 0 fully saturated rings. The molecule has 1 unspecified atom stereocenters. The van der Waals surface area contributed by atoms with E-state index in [0.717, 1.165) is 33.4 Å². The molecule has 4 aromatic carbocycles. The molecule has 0 bridgehead atoms. The van der Waals surface area contributed by atoms with Gasteiger partial charge in [0.2, 0.25) is 0 Å². The molecule has 0 amide bonds. The first-order valence-electron chi connectivity index (χ1n) is 10.0. The molecule has 0 saturated carbocycles. The van der Waals surface area contributed by atoms with Gasteiger partial charge in [-0.15, -0.1) is 0 Å². The zero-order valence-electron chi connectivity index (χ0n) is 17.1. The van der Waals surface area contributed by atoms with Crippen molar-refractivity contribution in [2.75, 3.05) is 0 Å². The Kier molecular flexibility index (Phi) is 6.06. The van der Waals surface area contributed by atoms with E-state index >= 15 is 0 Å². The van der Waals surface area contributed by atoms with E-state index in [9.17, 15) is 14.4 Å². The summed E-state index contributed by atoms with van der Waals surface area (Å²) in [6.07, 6.45) is 0. The van der Waals surface area contributed by atoms with Crippen LogP contribution in [0.2, 0.25) is 0 Å². The van der Waals surface area contributed by atoms with Gasteiger partial charge in [0.05, 0.1) is 0 Å². The third-order valence-corrected chi connectivity index (χ3v) is 5.74. The molecule has 0 aliphatic carbocycles. The van der Waals surface area contributed by atoms with Crippen LogP contribution >= 0.6 is 7.82 Å². The van der Waals surface area contributed by atoms with Crippen LogP contribution in [-0.4, -0.2) is 9.79 Å². The van der Waals surface area contributed by atoms with Crippen molar-refractivity contribution in [2.45, 2.75) is 12.8 Å². The number of benzene rings is 4. The lowest BCUT2D eigenvalue weighted by atomic mass is 9.82. The van der Waals surface area contributed by atoms with Crippen LogP contribution in [0.25, 0.3) is 22.3 Å². The topological polar surface area (TPSA) is 66.8 Å². The molecular weight excluding hydrogens is 407 g/mol. The first-order chi connectivity index (χ1) is 14.9. The van der Waals surface area contributed by atoms with Crippen LogP contribution in [0.1, 0.15) is 24.0 Å². The van der Waals surface area contributed by atoms with E-state index in [1.165, 1.54) is 0 Å². The fourth-order valence-corrected chi connectivity index (χ4v) is 4.34. The summed E-state index contributed by atoms with van der Waals surface area (Å²) in [5, 5.41) is 0. The Morgan fingerprint density at radius 1 is 0.710 bits per heavy atom. The molecule has 0 heterocycles. The molecule has 0 spiro atoms. The number of phosphoric acid groups is 1. The predicted octanol–water partition coefficient (Wildman–Crippen LogP) is 6.64. The zero-order chi connectivity index (χ0) is 21.8. The van der Waals surface area contributed by atoms with E-state index < -0.39 is 7.82 Å². The molecule has 0 aliphatic rings. The van der Waals surface area contributed by atoms with E-state index in [1.54, 1.807) is 6.07 Å². The maximum atomic E-state index is 11.8. The van der Waals surface area contributed by atoms with Gasteiger partial charge in [-0.05, 0) is 33.9 Å². The molecule has 5 heteroatoms. The fraction of sp³-hybridized carbons (Fsp3) is 0.0769. The van der Waals surface area contributed by atoms with Crippen molar-refractivity contribution < 1.29 is 18.9 Å². The Balaban J connectivity index is 2.05. The monoisotopic (exact) mass is 430 g/mol. The Bertz CT molecular complexity index is 1200. The van der Waals surface area contributed by atoms with E-state index in [2.05, 4.69) is 0 Å². The number of phosphoric ester groups is 1. The van der Waals surface area contributed by atoms with Gasteiger partial charge in [-0.25, -0.2) is 4.57 Å². The highest BCUT2D eigenvalue weighted by atomic mass is 31.2. The van der Waals surface area contributed by atoms with Crippen molar-refractivity contribution in [3.05, 3.63) is 114 Å². The Morgan fingerprint density at radius 3 is 1.77 bits per heavy atom. The summed E-state index contributed by atoms with van der Waals surface area (Å²) in [5.41, 5.74) is 5.61. The molecule has 4 rings (SSSR count). The van der Waals surface area contributed by atoms with Crippen LogP contribution in [0.4, 0.5) is 0 Å². The summed E-state index contributed by atoms with van der Waals surface area (Å²) in [5.74, 6) is 0.0184. The first-order valence-corrected chi connectivity index (χ1v) is 11.5. The maximum Gasteiger partial charge on any atom is 0.524 e. The molecule has 0 saturated heterocycles. The van der Waals surface area contributed by atoms with Crippen LogP contribution in [0, 0.1) is 0 Å². The zero-order valence-corrected chi connectivity index (χ0v) is 17.9. The predicted molar refractivity (Wildman–Crippen MR) is 124 cm³/mol. The molecule has 2 N–H and O–H groups in total. The van der Waals surface area contributed by atoms with Gasteiger partial charge in [0.25, 0.3) is 0 Å². The second kappa shape index (κ2) is 8.91. The average Bonchev–Trinajstić information content (AvgIpc) is 2.79. The average molecular weight is 430 g/mol. The Labute approximate surface area is 182 Å². The van der Waals surface area contributed by atoms with Gasteiger partial charge in [0.1, 0.15) is 5.75 Å². The summed E-state index contributed by atoms with van der Waals surface area (Å²) in [6, 6.07) is 33.2. The molecule has 0 radical (unpaired) electrons. The molecule has 156 valence electrons. The SMILES string of the molecule is CC(c1ccccc1)c1c(OP(=O)(O)O)ccc(-c2ccccc2)c1-c1ccccc1. The largest absolute Gasteiger partial charge is 0.524 e. The smallest absolute Gasteiger partial charge is 0.404 e. The number of rotatable bonds is 6. The molecule has 4 nitrogen and oxygen atoms in total. The van der Waals surface area contributed by atoms with E-state index in [-0.39, 0.29) is 11.7 Å². The highest BCUT2D eigenvalue weighted by Gasteiger charge is 2.26. The molecule has 31 heavy (non-hydrogen) atoms. The summed E-state index contributed by atoms with van der Waals surface area (Å²) in [7, 11) is -4.74. The van der Waals surface area contributed by atoms with Crippen molar-refractivity contribution in [3.8, 4) is 28.0 Å². The molecule has 0 aromatic heterocycles. The highest BCUT2D eigenvalue weighted by Crippen LogP contribution is 2.48. The lowest BCUT2D eigenvalue weighted by Gasteiger charge is -2.24. The van der Waals surface area contributed by atoms with Crippen LogP contribution in [0.15, 0.2) is 103 Å². The molecular formula is C26H23O4P. The third-order valence-electron chi connectivity index (χ3n) is 5.30. The minimum atomic E-state index is -4.74. The molecule has 0 aliphatic heterocycles. The van der Waals surface area contributed by atoms with Crippen LogP contribution in [-0.2, 0) is 4.57 Å². The highest BCUT2D eigenvalue weighted by molar-refractivity contribution is 7.46. The Morgan fingerprint density at radius 2 is 1.23 bits per heavy atom. The summed E-state index contributed by atoms with van der Waals surface area (Å²) in [4.78, 5) is 19.2. The minimum Gasteiger partial charge on any atom is -0.404 e. The Hall–Kier alpha value is -3.17. The van der Waals surface area contributed by atoms with Crippen LogP contribution < -0.4 is 4.52 Å². The second-order valence-electron chi connectivity index (χ2n) is 7.35. The first kappa shape index (κ1) is 21.1. The number of hydrogen-bond acceptors (Lipinski definition) is 2. The van der Waals surface area contributed by atoms with E-state index in [4.69, 9.17) is 4.52 Å². The van der Waals surface area contributed by atoms with E-state index in [1.807, 2.05) is 104 Å². The summed E-state index contributed by atoms with van der Waals surface area (Å²) >= 11 is 0. The minimum absolute atomic E-state index is 0.165. The van der Waals surface area contributed by atoms with Gasteiger partial charge in [-0.2, -0.15) is 0 Å². The van der Waals surface area contributed by atoms with Gasteiger partial charge in [0, 0.05) is 11.5 Å². The maximum absolute atomic E-state index is 11.8. The standard InChI is InChI=1S/C26H23O4P/c1-19(20-11-5-2-6-12-20)25-24(30-31(27,28)29)18-17-23(21-13-7-3-8-14-21)26(25)22-15-9-4-10-16-22/h2-19H,1H3,(H2,27,28,29). The number of hydrogen-bond donors (Lipinski definition) is 2. The lowest BCUT2D eigenvalue weighted by molar-refractivity contribution is 0.282.